The topological polar surface area (TPSA) is 35.5 Å². The Hall–Kier alpha value is -0.830. The van der Waals surface area contributed by atoms with Gasteiger partial charge in [-0.3, -0.25) is 4.89 Å². The van der Waals surface area contributed by atoms with Crippen LogP contribution in [0.3, 0.4) is 0 Å². The quantitative estimate of drug-likeness (QED) is 0.101. The smallest absolute Gasteiger partial charge is 0.293 e. The fourth-order valence-corrected chi connectivity index (χ4v) is 3.03. The Morgan fingerprint density at radius 1 is 0.731 bits per heavy atom. The Bertz CT molecular complexity index is 321. The molecule has 0 aliphatic heterocycles. The summed E-state index contributed by atoms with van der Waals surface area (Å²) >= 11 is 0. The Kier molecular flexibility index (Phi) is 19.8. The zero-order valence-corrected chi connectivity index (χ0v) is 17.8. The van der Waals surface area contributed by atoms with E-state index in [0.717, 1.165) is 25.7 Å². The summed E-state index contributed by atoms with van der Waals surface area (Å²) in [6.07, 6.45) is 23.7. The molecule has 0 rings (SSSR count). The fourth-order valence-electron chi connectivity index (χ4n) is 3.03. The van der Waals surface area contributed by atoms with E-state index in [9.17, 15) is 4.79 Å². The molecule has 0 saturated heterocycles. The van der Waals surface area contributed by atoms with Crippen LogP contribution in [0.4, 0.5) is 0 Å². The highest BCUT2D eigenvalue weighted by atomic mass is 17.2. The van der Waals surface area contributed by atoms with Crippen LogP contribution in [0.1, 0.15) is 124 Å². The van der Waals surface area contributed by atoms with Gasteiger partial charge in [0, 0.05) is 6.08 Å². The molecule has 0 spiro atoms. The second-order valence-corrected chi connectivity index (χ2v) is 7.37. The van der Waals surface area contributed by atoms with Gasteiger partial charge in [0.15, 0.2) is 0 Å². The van der Waals surface area contributed by atoms with E-state index in [1.807, 2.05) is 19.9 Å². The molecule has 0 atom stereocenters. The van der Waals surface area contributed by atoms with Gasteiger partial charge in [-0.25, -0.2) is 4.79 Å². The highest BCUT2D eigenvalue weighted by molar-refractivity contribution is 5.81. The summed E-state index contributed by atoms with van der Waals surface area (Å²) in [5.41, 5.74) is 0. The second-order valence-electron chi connectivity index (χ2n) is 7.37. The van der Waals surface area contributed by atoms with Gasteiger partial charge in [-0.05, 0) is 25.7 Å². The molecule has 154 valence electrons. The number of allylic oxidation sites excluding steroid dienone is 1. The number of hydrogen-bond donors (Lipinski definition) is 0. The predicted molar refractivity (Wildman–Crippen MR) is 111 cm³/mol. The van der Waals surface area contributed by atoms with E-state index in [4.69, 9.17) is 9.78 Å². The van der Waals surface area contributed by atoms with Gasteiger partial charge in [0.2, 0.25) is 0 Å². The normalized spacial score (nSPS) is 11.5. The third-order valence-electron chi connectivity index (χ3n) is 4.91. The summed E-state index contributed by atoms with van der Waals surface area (Å²) in [4.78, 5) is 21.3. The number of carbonyl (C=O) groups is 1. The predicted octanol–water partition coefficient (Wildman–Crippen LogP) is 7.69. The number of carbonyl (C=O) groups excluding carboxylic acids is 1. The highest BCUT2D eigenvalue weighted by Gasteiger charge is 2.06. The van der Waals surface area contributed by atoms with E-state index >= 15 is 0 Å². The lowest BCUT2D eigenvalue weighted by Crippen LogP contribution is -2.13. The Balaban J connectivity index is 3.28. The van der Waals surface area contributed by atoms with Crippen molar-refractivity contribution in [2.45, 2.75) is 130 Å². The molecule has 0 aromatic rings. The second kappa shape index (κ2) is 20.5. The number of unbranched alkanes of at least 4 members (excludes halogenated alkanes) is 13. The van der Waals surface area contributed by atoms with Crippen molar-refractivity contribution in [2.75, 3.05) is 0 Å². The van der Waals surface area contributed by atoms with E-state index < -0.39 is 5.97 Å². The van der Waals surface area contributed by atoms with Crippen LogP contribution in [0.2, 0.25) is 0 Å². The van der Waals surface area contributed by atoms with Gasteiger partial charge in [0.25, 0.3) is 0 Å². The van der Waals surface area contributed by atoms with E-state index in [2.05, 4.69) is 6.92 Å². The highest BCUT2D eigenvalue weighted by Crippen LogP contribution is 2.13. The Labute approximate surface area is 162 Å². The van der Waals surface area contributed by atoms with Crippen molar-refractivity contribution in [1.82, 2.24) is 0 Å². The van der Waals surface area contributed by atoms with E-state index in [1.165, 1.54) is 83.1 Å². The van der Waals surface area contributed by atoms with Crippen LogP contribution in [0, 0.1) is 0 Å². The van der Waals surface area contributed by atoms with E-state index in [-0.39, 0.29) is 6.10 Å². The van der Waals surface area contributed by atoms with Gasteiger partial charge in [-0.15, -0.1) is 0 Å². The maximum atomic E-state index is 11.5. The van der Waals surface area contributed by atoms with Crippen molar-refractivity contribution in [2.24, 2.45) is 0 Å². The van der Waals surface area contributed by atoms with Gasteiger partial charge in [0.05, 0.1) is 0 Å². The first-order valence-electron chi connectivity index (χ1n) is 11.3. The summed E-state index contributed by atoms with van der Waals surface area (Å²) < 4.78 is 0. The molecule has 0 aliphatic carbocycles. The van der Waals surface area contributed by atoms with Gasteiger partial charge in [-0.2, -0.15) is 4.89 Å². The summed E-state index contributed by atoms with van der Waals surface area (Å²) in [6.45, 7) is 6.31. The first-order chi connectivity index (χ1) is 12.7. The third-order valence-corrected chi connectivity index (χ3v) is 4.91. The van der Waals surface area contributed by atoms with Crippen LogP contribution in [-0.2, 0) is 14.6 Å². The minimum absolute atomic E-state index is 0.00779. The lowest BCUT2D eigenvalue weighted by atomic mass is 10.0. The molecule has 3 nitrogen and oxygen atoms in total. The summed E-state index contributed by atoms with van der Waals surface area (Å²) in [6, 6.07) is 0. The average molecular weight is 369 g/mol. The van der Waals surface area contributed by atoms with Crippen LogP contribution < -0.4 is 0 Å². The van der Waals surface area contributed by atoms with Crippen molar-refractivity contribution >= 4 is 5.97 Å². The first-order valence-corrected chi connectivity index (χ1v) is 11.3. The van der Waals surface area contributed by atoms with Crippen LogP contribution in [0.25, 0.3) is 0 Å². The molecule has 0 bridgehead atoms. The standard InChI is InChI=1S/C23H44O3/c1-4-7-8-9-10-11-12-13-14-15-16-17-18-19-20-21-23(24)26-25-22(5-2)6-3/h20-22H,4-19H2,1-3H3. The van der Waals surface area contributed by atoms with Crippen molar-refractivity contribution < 1.29 is 14.6 Å². The fraction of sp³-hybridized carbons (Fsp3) is 0.870. The van der Waals surface area contributed by atoms with Crippen molar-refractivity contribution in [1.29, 1.82) is 0 Å². The van der Waals surface area contributed by atoms with Crippen molar-refractivity contribution in [3.63, 3.8) is 0 Å². The summed E-state index contributed by atoms with van der Waals surface area (Å²) in [5.74, 6) is -0.397. The molecule has 0 fully saturated rings. The maximum Gasteiger partial charge on any atom is 0.365 e. The minimum atomic E-state index is -0.397. The zero-order chi connectivity index (χ0) is 19.3. The van der Waals surface area contributed by atoms with Gasteiger partial charge in [-0.1, -0.05) is 104 Å². The molecule has 0 N–H and O–H groups in total. The molecule has 0 saturated carbocycles. The van der Waals surface area contributed by atoms with E-state index in [0.29, 0.717) is 0 Å². The molecule has 0 aliphatic rings. The van der Waals surface area contributed by atoms with Crippen molar-refractivity contribution in [3.05, 3.63) is 12.2 Å². The Morgan fingerprint density at radius 2 is 1.19 bits per heavy atom. The van der Waals surface area contributed by atoms with Crippen LogP contribution in [0.5, 0.6) is 0 Å². The number of hydrogen-bond acceptors (Lipinski definition) is 3. The van der Waals surface area contributed by atoms with Crippen LogP contribution in [-0.4, -0.2) is 12.1 Å². The first kappa shape index (κ1) is 25.2. The van der Waals surface area contributed by atoms with Gasteiger partial charge in [0.1, 0.15) is 6.10 Å². The molecular weight excluding hydrogens is 324 g/mol. The summed E-state index contributed by atoms with van der Waals surface area (Å²) in [5, 5.41) is 0. The largest absolute Gasteiger partial charge is 0.365 e. The molecule has 0 amide bonds. The molecule has 3 heteroatoms. The lowest BCUT2D eigenvalue weighted by molar-refractivity contribution is -0.294. The van der Waals surface area contributed by atoms with Gasteiger partial charge < -0.3 is 0 Å². The zero-order valence-electron chi connectivity index (χ0n) is 17.8. The molecule has 0 radical (unpaired) electrons. The third kappa shape index (κ3) is 18.0. The molecular formula is C23H44O3. The van der Waals surface area contributed by atoms with Crippen LogP contribution >= 0.6 is 0 Å². The SMILES string of the molecule is CCCCCCCCCCCCCCCC=CC(=O)OOC(CC)CC. The number of rotatable bonds is 19. The van der Waals surface area contributed by atoms with Crippen molar-refractivity contribution in [3.8, 4) is 0 Å². The maximum absolute atomic E-state index is 11.5. The Morgan fingerprint density at radius 3 is 1.65 bits per heavy atom. The van der Waals surface area contributed by atoms with Crippen LogP contribution in [0.15, 0.2) is 12.2 Å². The average Bonchev–Trinajstić information content (AvgIpc) is 2.65. The molecule has 0 aromatic heterocycles. The minimum Gasteiger partial charge on any atom is -0.293 e. The molecule has 0 unspecified atom stereocenters. The van der Waals surface area contributed by atoms with E-state index in [1.54, 1.807) is 0 Å². The monoisotopic (exact) mass is 368 g/mol. The lowest BCUT2D eigenvalue weighted by Gasteiger charge is -2.10. The summed E-state index contributed by atoms with van der Waals surface area (Å²) in [7, 11) is 0. The molecule has 0 heterocycles. The molecule has 26 heavy (non-hydrogen) atoms. The molecule has 0 aromatic carbocycles. The van der Waals surface area contributed by atoms with Gasteiger partial charge >= 0.3 is 5.97 Å².